The summed E-state index contributed by atoms with van der Waals surface area (Å²) in [4.78, 5) is 9.54. The van der Waals surface area contributed by atoms with Crippen molar-refractivity contribution < 1.29 is 9.26 Å². The van der Waals surface area contributed by atoms with Crippen molar-refractivity contribution in [2.75, 3.05) is 0 Å². The third-order valence-electron chi connectivity index (χ3n) is 4.05. The van der Waals surface area contributed by atoms with Gasteiger partial charge in [-0.1, -0.05) is 41.9 Å². The van der Waals surface area contributed by atoms with E-state index >= 15 is 0 Å². The number of rotatable bonds is 5. The van der Waals surface area contributed by atoms with E-state index < -0.39 is 0 Å². The maximum Gasteiger partial charge on any atom is 0.226 e. The second kappa shape index (κ2) is 6.64. The number of fused-ring (bicyclic) bond motifs is 1. The maximum atomic E-state index is 5.90. The van der Waals surface area contributed by atoms with E-state index in [1.54, 1.807) is 11.3 Å². The van der Waals surface area contributed by atoms with Gasteiger partial charge in [0.1, 0.15) is 16.9 Å². The van der Waals surface area contributed by atoms with Crippen molar-refractivity contribution in [2.45, 2.75) is 26.9 Å². The van der Waals surface area contributed by atoms with E-state index in [9.17, 15) is 0 Å². The molecule has 0 fully saturated rings. The summed E-state index contributed by atoms with van der Waals surface area (Å²) in [7, 11) is 0. The van der Waals surface area contributed by atoms with Crippen molar-refractivity contribution in [1.82, 2.24) is 15.1 Å². The van der Waals surface area contributed by atoms with Gasteiger partial charge in [0.15, 0.2) is 12.4 Å². The lowest BCUT2D eigenvalue weighted by Gasteiger charge is -2.04. The highest BCUT2D eigenvalue weighted by Gasteiger charge is 2.13. The van der Waals surface area contributed by atoms with Crippen LogP contribution in [0.25, 0.3) is 21.5 Å². The topological polar surface area (TPSA) is 61.0 Å². The van der Waals surface area contributed by atoms with Crippen molar-refractivity contribution >= 4 is 21.6 Å². The summed E-state index contributed by atoms with van der Waals surface area (Å²) in [6, 6.07) is 10.1. The highest BCUT2D eigenvalue weighted by Crippen LogP contribution is 2.31. The average Bonchev–Trinajstić information content (AvgIpc) is 3.27. The zero-order valence-corrected chi connectivity index (χ0v) is 14.8. The number of hydrogen-bond donors (Lipinski definition) is 0. The number of benzene rings is 1. The number of nitrogens with zero attached hydrogens (tertiary/aromatic N) is 3. The molecular formula is C19H17N3O2S. The number of aromatic nitrogens is 3. The lowest BCUT2D eigenvalue weighted by molar-refractivity contribution is 0.244. The van der Waals surface area contributed by atoms with Crippen molar-refractivity contribution in [3.8, 4) is 17.1 Å². The van der Waals surface area contributed by atoms with E-state index in [1.807, 2.05) is 18.2 Å². The molecule has 1 aromatic carbocycles. The molecular weight excluding hydrogens is 334 g/mol. The van der Waals surface area contributed by atoms with Gasteiger partial charge in [-0.3, -0.25) is 0 Å². The third-order valence-corrected chi connectivity index (χ3v) is 4.99. The SMILES string of the molecule is CCc1csc2ncnc(OCc3cc(-c4ccc(C)cc4)no3)c12. The van der Waals surface area contributed by atoms with Crippen molar-refractivity contribution in [3.05, 3.63) is 58.9 Å². The molecule has 3 heterocycles. The van der Waals surface area contributed by atoms with Crippen molar-refractivity contribution in [3.63, 3.8) is 0 Å². The second-order valence-corrected chi connectivity index (χ2v) is 6.66. The summed E-state index contributed by atoms with van der Waals surface area (Å²) in [5.41, 5.74) is 4.24. The van der Waals surface area contributed by atoms with Crippen LogP contribution in [0.15, 0.2) is 46.6 Å². The van der Waals surface area contributed by atoms with Crippen LogP contribution in [0.4, 0.5) is 0 Å². The lowest BCUT2D eigenvalue weighted by atomic mass is 10.1. The van der Waals surface area contributed by atoms with E-state index in [0.29, 0.717) is 11.6 Å². The zero-order valence-electron chi connectivity index (χ0n) is 14.0. The van der Waals surface area contributed by atoms with Crippen molar-refractivity contribution in [1.29, 1.82) is 0 Å². The van der Waals surface area contributed by atoms with Gasteiger partial charge in [0.2, 0.25) is 5.88 Å². The molecule has 5 nitrogen and oxygen atoms in total. The first-order valence-electron chi connectivity index (χ1n) is 8.11. The van der Waals surface area contributed by atoms with E-state index in [4.69, 9.17) is 9.26 Å². The van der Waals surface area contributed by atoms with Crippen LogP contribution in [0, 0.1) is 6.92 Å². The summed E-state index contributed by atoms with van der Waals surface area (Å²) in [6.45, 7) is 4.45. The van der Waals surface area contributed by atoms with Gasteiger partial charge in [-0.2, -0.15) is 0 Å². The van der Waals surface area contributed by atoms with E-state index in [0.717, 1.165) is 27.9 Å². The molecule has 25 heavy (non-hydrogen) atoms. The Morgan fingerprint density at radius 1 is 1.16 bits per heavy atom. The Bertz CT molecular complexity index is 1010. The smallest absolute Gasteiger partial charge is 0.226 e. The van der Waals surface area contributed by atoms with Gasteiger partial charge in [-0.25, -0.2) is 9.97 Å². The molecule has 0 aliphatic heterocycles. The fourth-order valence-corrected chi connectivity index (χ4v) is 3.64. The lowest BCUT2D eigenvalue weighted by Crippen LogP contribution is -1.97. The molecule has 0 amide bonds. The molecule has 0 saturated carbocycles. The normalized spacial score (nSPS) is 11.1. The first kappa shape index (κ1) is 15.8. The minimum Gasteiger partial charge on any atom is -0.469 e. The molecule has 0 bridgehead atoms. The molecule has 0 N–H and O–H groups in total. The van der Waals surface area contributed by atoms with Gasteiger partial charge in [0.05, 0.1) is 5.39 Å². The van der Waals surface area contributed by atoms with Gasteiger partial charge in [-0.05, 0) is 24.3 Å². The highest BCUT2D eigenvalue weighted by molar-refractivity contribution is 7.17. The van der Waals surface area contributed by atoms with Gasteiger partial charge in [0, 0.05) is 11.6 Å². The molecule has 0 radical (unpaired) electrons. The first-order chi connectivity index (χ1) is 12.2. The van der Waals surface area contributed by atoms with Crippen LogP contribution in [0.2, 0.25) is 0 Å². The Kier molecular flexibility index (Phi) is 4.19. The third kappa shape index (κ3) is 3.13. The Balaban J connectivity index is 1.54. The molecule has 0 aliphatic rings. The monoisotopic (exact) mass is 351 g/mol. The van der Waals surface area contributed by atoms with Crippen LogP contribution < -0.4 is 4.74 Å². The predicted molar refractivity (Wildman–Crippen MR) is 97.8 cm³/mol. The van der Waals surface area contributed by atoms with Gasteiger partial charge >= 0.3 is 0 Å². The van der Waals surface area contributed by atoms with Crippen LogP contribution in [-0.2, 0) is 13.0 Å². The molecule has 126 valence electrons. The molecule has 0 aliphatic carbocycles. The average molecular weight is 351 g/mol. The quantitative estimate of drug-likeness (QED) is 0.517. The number of thiophene rings is 1. The maximum absolute atomic E-state index is 5.90. The minimum atomic E-state index is 0.282. The molecule has 0 atom stereocenters. The van der Waals surface area contributed by atoms with E-state index in [-0.39, 0.29) is 6.61 Å². The fourth-order valence-electron chi connectivity index (χ4n) is 2.65. The minimum absolute atomic E-state index is 0.282. The van der Waals surface area contributed by atoms with E-state index in [2.05, 4.69) is 46.5 Å². The summed E-state index contributed by atoms with van der Waals surface area (Å²) in [5.74, 6) is 1.26. The largest absolute Gasteiger partial charge is 0.469 e. The second-order valence-electron chi connectivity index (χ2n) is 5.81. The summed E-state index contributed by atoms with van der Waals surface area (Å²) < 4.78 is 11.3. The van der Waals surface area contributed by atoms with Crippen LogP contribution in [0.1, 0.15) is 23.8 Å². The van der Waals surface area contributed by atoms with Crippen molar-refractivity contribution in [2.24, 2.45) is 0 Å². The van der Waals surface area contributed by atoms with Crippen LogP contribution in [0.5, 0.6) is 5.88 Å². The fraction of sp³-hybridized carbons (Fsp3) is 0.211. The summed E-state index contributed by atoms with van der Waals surface area (Å²) in [5, 5.41) is 7.23. The molecule has 0 unspecified atom stereocenters. The number of ether oxygens (including phenoxy) is 1. The van der Waals surface area contributed by atoms with E-state index in [1.165, 1.54) is 17.5 Å². The Morgan fingerprint density at radius 3 is 2.80 bits per heavy atom. The highest BCUT2D eigenvalue weighted by atomic mass is 32.1. The number of aryl methyl sites for hydroxylation is 2. The Hall–Kier alpha value is -2.73. The zero-order chi connectivity index (χ0) is 17.2. The van der Waals surface area contributed by atoms with Gasteiger partial charge < -0.3 is 9.26 Å². The molecule has 4 rings (SSSR count). The number of hydrogen-bond acceptors (Lipinski definition) is 6. The molecule has 0 saturated heterocycles. The first-order valence-corrected chi connectivity index (χ1v) is 8.99. The predicted octanol–water partition coefficient (Wildman–Crippen LogP) is 4.80. The van der Waals surface area contributed by atoms with Gasteiger partial charge in [-0.15, -0.1) is 11.3 Å². The van der Waals surface area contributed by atoms with Crippen LogP contribution >= 0.6 is 11.3 Å². The Labute approximate surface area is 149 Å². The van der Waals surface area contributed by atoms with Crippen LogP contribution in [-0.4, -0.2) is 15.1 Å². The standard InChI is InChI=1S/C19H17N3O2S/c1-3-13-10-25-19-17(13)18(20-11-21-19)23-9-15-8-16(22-24-15)14-6-4-12(2)5-7-14/h4-8,10-11H,3,9H2,1-2H3. The summed E-state index contributed by atoms with van der Waals surface area (Å²) in [6.07, 6.45) is 2.45. The van der Waals surface area contributed by atoms with Crippen LogP contribution in [0.3, 0.4) is 0 Å². The molecule has 0 spiro atoms. The molecule has 3 aromatic heterocycles. The summed E-state index contributed by atoms with van der Waals surface area (Å²) >= 11 is 1.61. The molecule has 6 heteroatoms. The Morgan fingerprint density at radius 2 is 2.00 bits per heavy atom. The van der Waals surface area contributed by atoms with Gasteiger partial charge in [0.25, 0.3) is 0 Å². The molecule has 4 aromatic rings.